The highest BCUT2D eigenvalue weighted by Crippen LogP contribution is 2.18. The summed E-state index contributed by atoms with van der Waals surface area (Å²) in [6.07, 6.45) is 0. The minimum atomic E-state index is -1.03. The number of aryl methyl sites for hydroxylation is 1. The predicted octanol–water partition coefficient (Wildman–Crippen LogP) is 1.54. The maximum absolute atomic E-state index is 11.8. The number of aromatic hydroxyl groups is 1. The van der Waals surface area contributed by atoms with E-state index in [4.69, 9.17) is 5.11 Å². The van der Waals surface area contributed by atoms with Crippen LogP contribution >= 0.6 is 0 Å². The Morgan fingerprint density at radius 3 is 2.44 bits per heavy atom. The van der Waals surface area contributed by atoms with Crippen LogP contribution in [0.3, 0.4) is 0 Å². The van der Waals surface area contributed by atoms with E-state index in [1.165, 1.54) is 19.9 Å². The molecule has 0 spiro atoms. The molecule has 0 atom stereocenters. The minimum Gasteiger partial charge on any atom is -0.508 e. The molecule has 0 unspecified atom stereocenters. The lowest BCUT2D eigenvalue weighted by Crippen LogP contribution is -2.38. The van der Waals surface area contributed by atoms with Crippen LogP contribution in [0.5, 0.6) is 5.75 Å². The molecular weight excluding hydrogens is 234 g/mol. The van der Waals surface area contributed by atoms with Gasteiger partial charge in [-0.3, -0.25) is 9.59 Å². The number of carbonyl (C=O) groups excluding carboxylic acids is 1. The molecule has 0 aromatic heterocycles. The van der Waals surface area contributed by atoms with E-state index in [2.05, 4.69) is 5.32 Å². The summed E-state index contributed by atoms with van der Waals surface area (Å²) < 4.78 is 0. The third-order valence-electron chi connectivity index (χ3n) is 2.74. The van der Waals surface area contributed by atoms with E-state index in [-0.39, 0.29) is 12.3 Å². The highest BCUT2D eigenvalue weighted by molar-refractivity contribution is 5.95. The molecule has 0 fully saturated rings. The van der Waals surface area contributed by atoms with Crippen LogP contribution in [0.2, 0.25) is 0 Å². The molecule has 1 aromatic rings. The summed E-state index contributed by atoms with van der Waals surface area (Å²) in [7, 11) is 0. The maximum Gasteiger partial charge on any atom is 0.310 e. The van der Waals surface area contributed by atoms with Crippen LogP contribution in [0.1, 0.15) is 29.8 Å². The monoisotopic (exact) mass is 251 g/mol. The Kier molecular flexibility index (Phi) is 3.96. The topological polar surface area (TPSA) is 86.6 Å². The Morgan fingerprint density at radius 2 is 1.94 bits per heavy atom. The molecular formula is C13H17NO4. The van der Waals surface area contributed by atoms with Crippen molar-refractivity contribution in [2.45, 2.75) is 20.8 Å². The van der Waals surface area contributed by atoms with Crippen molar-refractivity contribution in [3.8, 4) is 5.75 Å². The molecule has 0 aliphatic carbocycles. The van der Waals surface area contributed by atoms with E-state index in [0.29, 0.717) is 11.1 Å². The molecule has 0 saturated carbocycles. The van der Waals surface area contributed by atoms with Gasteiger partial charge in [0.15, 0.2) is 0 Å². The fourth-order valence-corrected chi connectivity index (χ4v) is 1.23. The lowest BCUT2D eigenvalue weighted by atomic mass is 9.94. The highest BCUT2D eigenvalue weighted by atomic mass is 16.4. The lowest BCUT2D eigenvalue weighted by Gasteiger charge is -2.19. The number of carboxylic acid groups (broad SMARTS) is 1. The Bertz CT molecular complexity index is 480. The van der Waals surface area contributed by atoms with Crippen molar-refractivity contribution >= 4 is 11.9 Å². The maximum atomic E-state index is 11.8. The van der Waals surface area contributed by atoms with Crippen molar-refractivity contribution in [3.63, 3.8) is 0 Å². The zero-order chi connectivity index (χ0) is 13.9. The second kappa shape index (κ2) is 5.08. The first-order valence-electron chi connectivity index (χ1n) is 5.55. The number of rotatable bonds is 4. The van der Waals surface area contributed by atoms with Crippen LogP contribution in [-0.4, -0.2) is 28.6 Å². The zero-order valence-electron chi connectivity index (χ0n) is 10.7. The van der Waals surface area contributed by atoms with Gasteiger partial charge in [0, 0.05) is 12.1 Å². The fraction of sp³-hybridized carbons (Fsp3) is 0.385. The standard InChI is InChI=1S/C13H17NO4/c1-8-4-5-9(6-10(8)15)11(16)14-7-13(2,3)12(17)18/h4-6,15H,7H2,1-3H3,(H,14,16)(H,17,18). The van der Waals surface area contributed by atoms with Crippen molar-refractivity contribution in [2.24, 2.45) is 5.41 Å². The number of phenolic OH excluding ortho intramolecular Hbond substituents is 1. The number of carbonyl (C=O) groups is 2. The van der Waals surface area contributed by atoms with Gasteiger partial charge < -0.3 is 15.5 Å². The van der Waals surface area contributed by atoms with E-state index in [1.54, 1.807) is 19.1 Å². The third-order valence-corrected chi connectivity index (χ3v) is 2.74. The quantitative estimate of drug-likeness (QED) is 0.757. The molecule has 0 radical (unpaired) electrons. The first kappa shape index (κ1) is 14.0. The summed E-state index contributed by atoms with van der Waals surface area (Å²) in [5.74, 6) is -1.34. The number of hydrogen-bond acceptors (Lipinski definition) is 3. The van der Waals surface area contributed by atoms with Crippen LogP contribution in [0.25, 0.3) is 0 Å². The largest absolute Gasteiger partial charge is 0.508 e. The summed E-state index contributed by atoms with van der Waals surface area (Å²) in [6, 6.07) is 4.57. The van der Waals surface area contributed by atoms with Gasteiger partial charge in [0.1, 0.15) is 5.75 Å². The number of aliphatic carboxylic acids is 1. The normalized spacial score (nSPS) is 11.1. The van der Waals surface area contributed by atoms with Gasteiger partial charge in [-0.05, 0) is 38.5 Å². The van der Waals surface area contributed by atoms with E-state index in [0.717, 1.165) is 0 Å². The molecule has 0 aliphatic rings. The Labute approximate surface area is 105 Å². The van der Waals surface area contributed by atoms with Gasteiger partial charge in [0.2, 0.25) is 0 Å². The van der Waals surface area contributed by atoms with E-state index < -0.39 is 17.3 Å². The van der Waals surface area contributed by atoms with Gasteiger partial charge >= 0.3 is 5.97 Å². The summed E-state index contributed by atoms with van der Waals surface area (Å²) >= 11 is 0. The molecule has 0 heterocycles. The molecule has 0 saturated heterocycles. The number of benzene rings is 1. The average Bonchev–Trinajstić information content (AvgIpc) is 2.29. The van der Waals surface area contributed by atoms with E-state index in [9.17, 15) is 14.7 Å². The molecule has 5 nitrogen and oxygen atoms in total. The van der Waals surface area contributed by atoms with Crippen molar-refractivity contribution in [2.75, 3.05) is 6.54 Å². The van der Waals surface area contributed by atoms with Crippen molar-refractivity contribution in [1.82, 2.24) is 5.32 Å². The molecule has 1 rings (SSSR count). The smallest absolute Gasteiger partial charge is 0.310 e. The number of phenols is 1. The van der Waals surface area contributed by atoms with Gasteiger partial charge in [0.05, 0.1) is 5.41 Å². The van der Waals surface area contributed by atoms with Crippen molar-refractivity contribution < 1.29 is 19.8 Å². The molecule has 0 aliphatic heterocycles. The minimum absolute atomic E-state index is 0.0236. The van der Waals surface area contributed by atoms with Gasteiger partial charge in [-0.25, -0.2) is 0 Å². The van der Waals surface area contributed by atoms with Gasteiger partial charge in [-0.2, -0.15) is 0 Å². The number of carboxylic acids is 1. The first-order valence-corrected chi connectivity index (χ1v) is 5.55. The summed E-state index contributed by atoms with van der Waals surface area (Å²) in [4.78, 5) is 22.6. The molecule has 1 amide bonds. The zero-order valence-corrected chi connectivity index (χ0v) is 10.7. The van der Waals surface area contributed by atoms with Crippen LogP contribution in [0.4, 0.5) is 0 Å². The van der Waals surface area contributed by atoms with Crippen LogP contribution in [-0.2, 0) is 4.79 Å². The molecule has 1 aromatic carbocycles. The number of hydrogen-bond donors (Lipinski definition) is 3. The Morgan fingerprint density at radius 1 is 1.33 bits per heavy atom. The van der Waals surface area contributed by atoms with Crippen LogP contribution in [0.15, 0.2) is 18.2 Å². The second-order valence-corrected chi connectivity index (χ2v) is 4.87. The molecule has 3 N–H and O–H groups in total. The SMILES string of the molecule is Cc1ccc(C(=O)NCC(C)(C)C(=O)O)cc1O. The fourth-order valence-electron chi connectivity index (χ4n) is 1.23. The summed E-state index contributed by atoms with van der Waals surface area (Å²) in [5.41, 5.74) is -0.0423. The molecule has 98 valence electrons. The third kappa shape index (κ3) is 3.23. The summed E-state index contributed by atoms with van der Waals surface area (Å²) in [6.45, 7) is 4.81. The van der Waals surface area contributed by atoms with Gasteiger partial charge in [-0.15, -0.1) is 0 Å². The molecule has 18 heavy (non-hydrogen) atoms. The highest BCUT2D eigenvalue weighted by Gasteiger charge is 2.27. The van der Waals surface area contributed by atoms with Gasteiger partial charge in [0.25, 0.3) is 5.91 Å². The van der Waals surface area contributed by atoms with Crippen LogP contribution in [0, 0.1) is 12.3 Å². The Hall–Kier alpha value is -2.04. The van der Waals surface area contributed by atoms with Crippen molar-refractivity contribution in [3.05, 3.63) is 29.3 Å². The molecule has 5 heteroatoms. The lowest BCUT2D eigenvalue weighted by molar-refractivity contribution is -0.146. The van der Waals surface area contributed by atoms with E-state index >= 15 is 0 Å². The van der Waals surface area contributed by atoms with Crippen molar-refractivity contribution in [1.29, 1.82) is 0 Å². The van der Waals surface area contributed by atoms with E-state index in [1.807, 2.05) is 0 Å². The van der Waals surface area contributed by atoms with Crippen LogP contribution < -0.4 is 5.32 Å². The van der Waals surface area contributed by atoms with Gasteiger partial charge in [-0.1, -0.05) is 6.07 Å². The number of nitrogens with one attached hydrogen (secondary N) is 1. The average molecular weight is 251 g/mol. The molecule has 0 bridgehead atoms. The second-order valence-electron chi connectivity index (χ2n) is 4.87. The Balaban J connectivity index is 2.72. The predicted molar refractivity (Wildman–Crippen MR) is 66.6 cm³/mol. The number of amides is 1. The summed E-state index contributed by atoms with van der Waals surface area (Å²) in [5, 5.41) is 20.9. The first-order chi connectivity index (χ1) is 8.24.